The lowest BCUT2D eigenvalue weighted by Crippen LogP contribution is -2.36. The first-order valence-corrected chi connectivity index (χ1v) is 6.45. The Morgan fingerprint density at radius 1 is 1.50 bits per heavy atom. The molecule has 0 radical (unpaired) electrons. The van der Waals surface area contributed by atoms with Gasteiger partial charge in [0.1, 0.15) is 5.75 Å². The predicted octanol–water partition coefficient (Wildman–Crippen LogP) is 2.17. The molecule has 1 aliphatic heterocycles. The first-order chi connectivity index (χ1) is 8.78. The molecule has 1 fully saturated rings. The summed E-state index contributed by atoms with van der Waals surface area (Å²) < 4.78 is 5.12. The minimum Gasteiger partial charge on any atom is -0.497 e. The number of piperidine rings is 1. The highest BCUT2D eigenvalue weighted by Gasteiger charge is 2.16. The van der Waals surface area contributed by atoms with Gasteiger partial charge in [0, 0.05) is 24.2 Å². The summed E-state index contributed by atoms with van der Waals surface area (Å²) in [4.78, 5) is 11.9. The van der Waals surface area contributed by atoms with Gasteiger partial charge in [0.05, 0.1) is 7.11 Å². The number of ether oxygens (including phenoxy) is 1. The molecular weight excluding hydrogens is 228 g/mol. The van der Waals surface area contributed by atoms with Gasteiger partial charge >= 0.3 is 0 Å². The van der Waals surface area contributed by atoms with Crippen molar-refractivity contribution in [1.82, 2.24) is 5.32 Å². The van der Waals surface area contributed by atoms with Crippen molar-refractivity contribution in [1.29, 1.82) is 0 Å². The molecule has 1 atom stereocenters. The maximum atomic E-state index is 11.9. The van der Waals surface area contributed by atoms with Gasteiger partial charge in [-0.25, -0.2) is 0 Å². The summed E-state index contributed by atoms with van der Waals surface area (Å²) in [6.45, 7) is 1.02. The number of nitrogens with one attached hydrogen (secondary N) is 2. The minimum absolute atomic E-state index is 0.0580. The number of rotatable bonds is 4. The smallest absolute Gasteiger partial charge is 0.225 e. The number of anilines is 1. The SMILES string of the molecule is COc1cccc(NC(=O)CC2CCCCN2)c1. The molecule has 4 nitrogen and oxygen atoms in total. The molecule has 1 heterocycles. The van der Waals surface area contributed by atoms with Gasteiger partial charge in [-0.2, -0.15) is 0 Å². The average Bonchev–Trinajstić information content (AvgIpc) is 2.40. The van der Waals surface area contributed by atoms with Crippen LogP contribution in [0.2, 0.25) is 0 Å². The fourth-order valence-corrected chi connectivity index (χ4v) is 2.23. The van der Waals surface area contributed by atoms with Crippen LogP contribution in [0.5, 0.6) is 5.75 Å². The largest absolute Gasteiger partial charge is 0.497 e. The second-order valence-electron chi connectivity index (χ2n) is 4.63. The monoisotopic (exact) mass is 248 g/mol. The van der Waals surface area contributed by atoms with Gasteiger partial charge in [0.2, 0.25) is 5.91 Å². The lowest BCUT2D eigenvalue weighted by atomic mass is 10.0. The molecule has 1 saturated heterocycles. The summed E-state index contributed by atoms with van der Waals surface area (Å²) in [5.41, 5.74) is 0.787. The summed E-state index contributed by atoms with van der Waals surface area (Å²) in [5, 5.41) is 6.28. The molecule has 1 aromatic carbocycles. The standard InChI is InChI=1S/C14H20N2O2/c1-18-13-7-4-6-12(9-13)16-14(17)10-11-5-2-3-8-15-11/h4,6-7,9,11,15H,2-3,5,8,10H2,1H3,(H,16,17). The molecule has 0 spiro atoms. The van der Waals surface area contributed by atoms with Crippen molar-refractivity contribution >= 4 is 11.6 Å². The Morgan fingerprint density at radius 3 is 3.11 bits per heavy atom. The van der Waals surface area contributed by atoms with Crippen molar-refractivity contribution in [2.45, 2.75) is 31.7 Å². The molecular formula is C14H20N2O2. The highest BCUT2D eigenvalue weighted by molar-refractivity contribution is 5.91. The molecule has 0 saturated carbocycles. The number of hydrogen-bond donors (Lipinski definition) is 2. The lowest BCUT2D eigenvalue weighted by Gasteiger charge is -2.22. The Bertz CT molecular complexity index is 401. The van der Waals surface area contributed by atoms with Crippen molar-refractivity contribution in [3.8, 4) is 5.75 Å². The number of hydrogen-bond acceptors (Lipinski definition) is 3. The van der Waals surface area contributed by atoms with Crippen LogP contribution in [0.25, 0.3) is 0 Å². The van der Waals surface area contributed by atoms with Crippen LogP contribution >= 0.6 is 0 Å². The Hall–Kier alpha value is -1.55. The maximum Gasteiger partial charge on any atom is 0.225 e. The predicted molar refractivity (Wildman–Crippen MR) is 71.9 cm³/mol. The summed E-state index contributed by atoms with van der Waals surface area (Å²) in [6.07, 6.45) is 4.06. The van der Waals surface area contributed by atoms with E-state index in [0.717, 1.165) is 24.4 Å². The minimum atomic E-state index is 0.0580. The van der Waals surface area contributed by atoms with E-state index in [1.165, 1.54) is 12.8 Å². The van der Waals surface area contributed by atoms with Gasteiger partial charge in [-0.05, 0) is 31.5 Å². The Labute approximate surface area is 108 Å². The van der Waals surface area contributed by atoms with Crippen LogP contribution in [0.4, 0.5) is 5.69 Å². The molecule has 1 aromatic rings. The van der Waals surface area contributed by atoms with Crippen molar-refractivity contribution in [2.75, 3.05) is 19.0 Å². The zero-order chi connectivity index (χ0) is 12.8. The zero-order valence-corrected chi connectivity index (χ0v) is 10.7. The summed E-state index contributed by atoms with van der Waals surface area (Å²) in [7, 11) is 1.62. The molecule has 2 rings (SSSR count). The number of amides is 1. The van der Waals surface area contributed by atoms with E-state index in [9.17, 15) is 4.79 Å². The second kappa shape index (κ2) is 6.40. The molecule has 0 aliphatic carbocycles. The fourth-order valence-electron chi connectivity index (χ4n) is 2.23. The summed E-state index contributed by atoms with van der Waals surface area (Å²) in [6, 6.07) is 7.75. The Morgan fingerprint density at radius 2 is 2.39 bits per heavy atom. The third-order valence-electron chi connectivity index (χ3n) is 3.20. The van der Waals surface area contributed by atoms with Crippen molar-refractivity contribution in [3.63, 3.8) is 0 Å². The first-order valence-electron chi connectivity index (χ1n) is 6.45. The van der Waals surface area contributed by atoms with Crippen LogP contribution in [-0.4, -0.2) is 25.6 Å². The maximum absolute atomic E-state index is 11.9. The lowest BCUT2D eigenvalue weighted by molar-refractivity contribution is -0.116. The second-order valence-corrected chi connectivity index (χ2v) is 4.63. The van der Waals surface area contributed by atoms with Crippen LogP contribution < -0.4 is 15.4 Å². The number of benzene rings is 1. The molecule has 1 aliphatic rings. The van der Waals surface area contributed by atoms with E-state index < -0.39 is 0 Å². The van der Waals surface area contributed by atoms with Gasteiger partial charge in [-0.3, -0.25) is 4.79 Å². The fraction of sp³-hybridized carbons (Fsp3) is 0.500. The molecule has 0 aromatic heterocycles. The third kappa shape index (κ3) is 3.74. The zero-order valence-electron chi connectivity index (χ0n) is 10.7. The van der Waals surface area contributed by atoms with Crippen molar-refractivity contribution < 1.29 is 9.53 Å². The van der Waals surface area contributed by atoms with Gasteiger partial charge < -0.3 is 15.4 Å². The van der Waals surface area contributed by atoms with E-state index in [1.807, 2.05) is 24.3 Å². The molecule has 1 amide bonds. The first kappa shape index (κ1) is 12.9. The normalized spacial score (nSPS) is 19.3. The third-order valence-corrected chi connectivity index (χ3v) is 3.20. The summed E-state index contributed by atoms with van der Waals surface area (Å²) in [5.74, 6) is 0.811. The van der Waals surface area contributed by atoms with Crippen molar-refractivity contribution in [2.24, 2.45) is 0 Å². The van der Waals surface area contributed by atoms with Gasteiger partial charge in [-0.1, -0.05) is 12.5 Å². The topological polar surface area (TPSA) is 50.4 Å². The van der Waals surface area contributed by atoms with E-state index in [-0.39, 0.29) is 5.91 Å². The molecule has 4 heteroatoms. The quantitative estimate of drug-likeness (QED) is 0.858. The number of methoxy groups -OCH3 is 1. The molecule has 1 unspecified atom stereocenters. The molecule has 0 bridgehead atoms. The molecule has 2 N–H and O–H groups in total. The van der Waals surface area contributed by atoms with E-state index in [0.29, 0.717) is 12.5 Å². The van der Waals surface area contributed by atoms with Crippen molar-refractivity contribution in [3.05, 3.63) is 24.3 Å². The van der Waals surface area contributed by atoms with Crippen LogP contribution in [0.3, 0.4) is 0 Å². The Kier molecular flexibility index (Phi) is 4.59. The van der Waals surface area contributed by atoms with Gasteiger partial charge in [0.25, 0.3) is 0 Å². The highest BCUT2D eigenvalue weighted by atomic mass is 16.5. The van der Waals surface area contributed by atoms with Crippen LogP contribution in [0.15, 0.2) is 24.3 Å². The van der Waals surface area contributed by atoms with E-state index in [2.05, 4.69) is 10.6 Å². The highest BCUT2D eigenvalue weighted by Crippen LogP contribution is 2.17. The van der Waals surface area contributed by atoms with Crippen LogP contribution in [-0.2, 0) is 4.79 Å². The van der Waals surface area contributed by atoms with Crippen LogP contribution in [0, 0.1) is 0 Å². The number of carbonyl (C=O) groups is 1. The van der Waals surface area contributed by atoms with E-state index in [4.69, 9.17) is 4.74 Å². The van der Waals surface area contributed by atoms with E-state index >= 15 is 0 Å². The number of carbonyl (C=O) groups excluding carboxylic acids is 1. The summed E-state index contributed by atoms with van der Waals surface area (Å²) >= 11 is 0. The van der Waals surface area contributed by atoms with E-state index in [1.54, 1.807) is 7.11 Å². The molecule has 18 heavy (non-hydrogen) atoms. The molecule has 98 valence electrons. The Balaban J connectivity index is 1.85. The average molecular weight is 248 g/mol. The van der Waals surface area contributed by atoms with Gasteiger partial charge in [0.15, 0.2) is 0 Å². The van der Waals surface area contributed by atoms with Gasteiger partial charge in [-0.15, -0.1) is 0 Å². The van der Waals surface area contributed by atoms with Crippen LogP contribution in [0.1, 0.15) is 25.7 Å².